The van der Waals surface area contributed by atoms with Crippen LogP contribution in [0.2, 0.25) is 0 Å². The van der Waals surface area contributed by atoms with Crippen molar-refractivity contribution in [1.29, 1.82) is 0 Å². The minimum absolute atomic E-state index is 0.542. The number of hydrogen-bond acceptors (Lipinski definition) is 2. The van der Waals surface area contributed by atoms with E-state index in [2.05, 4.69) is 36.3 Å². The van der Waals surface area contributed by atoms with Crippen molar-refractivity contribution < 1.29 is 0 Å². The van der Waals surface area contributed by atoms with E-state index in [1.807, 2.05) is 17.4 Å². The lowest BCUT2D eigenvalue weighted by molar-refractivity contribution is 0.507. The monoisotopic (exact) mass is 209 g/mol. The van der Waals surface area contributed by atoms with Gasteiger partial charge in [-0.05, 0) is 37.3 Å². The van der Waals surface area contributed by atoms with Crippen LogP contribution >= 0.6 is 11.3 Å². The quantitative estimate of drug-likeness (QED) is 0.532. The van der Waals surface area contributed by atoms with E-state index in [4.69, 9.17) is 0 Å². The predicted octanol–water partition coefficient (Wildman–Crippen LogP) is 3.76. The zero-order valence-corrected chi connectivity index (χ0v) is 9.65. The number of nitrogens with one attached hydrogen (secondary N) is 1. The molecule has 0 saturated carbocycles. The van der Waals surface area contributed by atoms with Crippen molar-refractivity contribution in [2.24, 2.45) is 0 Å². The Balaban J connectivity index is 2.43. The zero-order chi connectivity index (χ0) is 10.2. The van der Waals surface area contributed by atoms with Crippen molar-refractivity contribution >= 4 is 11.3 Å². The molecule has 78 valence electrons. The molecule has 0 radical (unpaired) electrons. The van der Waals surface area contributed by atoms with Gasteiger partial charge in [0.2, 0.25) is 0 Å². The Morgan fingerprint density at radius 1 is 1.64 bits per heavy atom. The summed E-state index contributed by atoms with van der Waals surface area (Å²) < 4.78 is 0. The van der Waals surface area contributed by atoms with Crippen molar-refractivity contribution in [3.8, 4) is 0 Å². The molecule has 1 heterocycles. The van der Waals surface area contributed by atoms with Crippen LogP contribution < -0.4 is 5.32 Å². The average Bonchev–Trinajstić information content (AvgIpc) is 2.70. The first-order valence-electron chi connectivity index (χ1n) is 5.26. The smallest absolute Gasteiger partial charge is 0.0414 e. The maximum absolute atomic E-state index is 3.75. The fourth-order valence-corrected chi connectivity index (χ4v) is 2.38. The van der Waals surface area contributed by atoms with E-state index in [1.165, 1.54) is 17.7 Å². The van der Waals surface area contributed by atoms with Crippen molar-refractivity contribution in [2.75, 3.05) is 6.54 Å². The summed E-state index contributed by atoms with van der Waals surface area (Å²) >= 11 is 1.84. The minimum Gasteiger partial charge on any atom is -0.310 e. The summed E-state index contributed by atoms with van der Waals surface area (Å²) in [4.78, 5) is 1.45. The van der Waals surface area contributed by atoms with Crippen molar-refractivity contribution in [1.82, 2.24) is 5.32 Å². The molecular weight excluding hydrogens is 190 g/mol. The zero-order valence-electron chi connectivity index (χ0n) is 8.83. The van der Waals surface area contributed by atoms with E-state index in [0.717, 1.165) is 13.0 Å². The normalized spacial score (nSPS) is 12.6. The molecule has 1 N–H and O–H groups in total. The minimum atomic E-state index is 0.542. The van der Waals surface area contributed by atoms with Crippen LogP contribution in [0.25, 0.3) is 0 Å². The molecule has 1 rings (SSSR count). The van der Waals surface area contributed by atoms with E-state index in [1.54, 1.807) is 0 Å². The molecule has 1 nitrogen and oxygen atoms in total. The molecule has 1 aromatic rings. The third kappa shape index (κ3) is 3.64. The first-order chi connectivity index (χ1) is 6.88. The van der Waals surface area contributed by atoms with Crippen LogP contribution in [0.15, 0.2) is 30.2 Å². The van der Waals surface area contributed by atoms with Gasteiger partial charge >= 0.3 is 0 Å². The second-order valence-electron chi connectivity index (χ2n) is 3.35. The molecule has 0 fully saturated rings. The largest absolute Gasteiger partial charge is 0.310 e. The van der Waals surface area contributed by atoms with Crippen molar-refractivity contribution in [3.05, 3.63) is 35.0 Å². The maximum atomic E-state index is 3.75. The first kappa shape index (κ1) is 11.5. The van der Waals surface area contributed by atoms with Crippen molar-refractivity contribution in [3.63, 3.8) is 0 Å². The predicted molar refractivity (Wildman–Crippen MR) is 64.8 cm³/mol. The summed E-state index contributed by atoms with van der Waals surface area (Å²) in [6, 6.07) is 4.88. The second kappa shape index (κ2) is 6.80. The van der Waals surface area contributed by atoms with Gasteiger partial charge in [0, 0.05) is 10.9 Å². The highest BCUT2D eigenvalue weighted by molar-refractivity contribution is 7.10. The molecule has 0 bridgehead atoms. The third-order valence-corrected chi connectivity index (χ3v) is 3.22. The van der Waals surface area contributed by atoms with Gasteiger partial charge in [0.1, 0.15) is 0 Å². The molecule has 14 heavy (non-hydrogen) atoms. The molecule has 0 spiro atoms. The molecule has 0 saturated heterocycles. The lowest BCUT2D eigenvalue weighted by Crippen LogP contribution is -2.19. The molecule has 1 atom stereocenters. The molecule has 0 aliphatic carbocycles. The Hall–Kier alpha value is -0.600. The van der Waals surface area contributed by atoms with Crippen LogP contribution in [0.4, 0.5) is 0 Å². The molecule has 2 heteroatoms. The molecule has 0 aliphatic heterocycles. The van der Waals surface area contributed by atoms with Crippen LogP contribution in [0, 0.1) is 0 Å². The molecular formula is C12H19NS. The highest BCUT2D eigenvalue weighted by atomic mass is 32.1. The van der Waals surface area contributed by atoms with Crippen LogP contribution in [0.3, 0.4) is 0 Å². The average molecular weight is 209 g/mol. The number of rotatable bonds is 7. The van der Waals surface area contributed by atoms with E-state index < -0.39 is 0 Å². The van der Waals surface area contributed by atoms with Crippen LogP contribution in [0.1, 0.15) is 37.1 Å². The molecule has 1 unspecified atom stereocenters. The summed E-state index contributed by atoms with van der Waals surface area (Å²) in [5, 5.41) is 5.67. The van der Waals surface area contributed by atoms with Gasteiger partial charge in [-0.3, -0.25) is 0 Å². The fourth-order valence-electron chi connectivity index (χ4n) is 1.55. The van der Waals surface area contributed by atoms with Gasteiger partial charge in [0.25, 0.3) is 0 Å². The Labute approximate surface area is 90.9 Å². The number of thiophene rings is 1. The van der Waals surface area contributed by atoms with Gasteiger partial charge < -0.3 is 5.32 Å². The lowest BCUT2D eigenvalue weighted by atomic mass is 10.1. The van der Waals surface area contributed by atoms with E-state index in [-0.39, 0.29) is 0 Å². The summed E-state index contributed by atoms with van der Waals surface area (Å²) in [5.41, 5.74) is 0. The summed E-state index contributed by atoms with van der Waals surface area (Å²) in [5.74, 6) is 0. The van der Waals surface area contributed by atoms with E-state index in [9.17, 15) is 0 Å². The lowest BCUT2D eigenvalue weighted by Gasteiger charge is -2.15. The van der Waals surface area contributed by atoms with Crippen LogP contribution in [-0.4, -0.2) is 6.54 Å². The standard InChI is InChI=1S/C12H19NS/c1-3-5-6-8-11(13-4-2)12-9-7-10-14-12/h3,7,9-11,13H,1,4-6,8H2,2H3. The fraction of sp³-hybridized carbons (Fsp3) is 0.500. The first-order valence-corrected chi connectivity index (χ1v) is 6.14. The van der Waals surface area contributed by atoms with Gasteiger partial charge in [-0.25, -0.2) is 0 Å². The summed E-state index contributed by atoms with van der Waals surface area (Å²) in [6.07, 6.45) is 5.55. The topological polar surface area (TPSA) is 12.0 Å². The Morgan fingerprint density at radius 2 is 2.50 bits per heavy atom. The third-order valence-electron chi connectivity index (χ3n) is 2.24. The summed E-state index contributed by atoms with van der Waals surface area (Å²) in [7, 11) is 0. The Morgan fingerprint density at radius 3 is 3.07 bits per heavy atom. The van der Waals surface area contributed by atoms with Crippen molar-refractivity contribution in [2.45, 2.75) is 32.2 Å². The SMILES string of the molecule is C=CCCCC(NCC)c1cccs1. The molecule has 0 aliphatic rings. The van der Waals surface area contributed by atoms with Crippen LogP contribution in [0.5, 0.6) is 0 Å². The Bertz CT molecular complexity index is 241. The Kier molecular flexibility index (Phi) is 5.57. The number of hydrogen-bond donors (Lipinski definition) is 1. The van der Waals surface area contributed by atoms with E-state index in [0.29, 0.717) is 6.04 Å². The second-order valence-corrected chi connectivity index (χ2v) is 4.32. The maximum Gasteiger partial charge on any atom is 0.0414 e. The highest BCUT2D eigenvalue weighted by Gasteiger charge is 2.09. The highest BCUT2D eigenvalue weighted by Crippen LogP contribution is 2.23. The van der Waals surface area contributed by atoms with Gasteiger partial charge in [-0.15, -0.1) is 17.9 Å². The summed E-state index contributed by atoms with van der Waals surface area (Å²) in [6.45, 7) is 6.95. The number of allylic oxidation sites excluding steroid dienone is 1. The number of unbranched alkanes of at least 4 members (excludes halogenated alkanes) is 1. The molecule has 1 aromatic heterocycles. The van der Waals surface area contributed by atoms with Gasteiger partial charge in [-0.2, -0.15) is 0 Å². The molecule has 0 aromatic carbocycles. The van der Waals surface area contributed by atoms with Gasteiger partial charge in [0.15, 0.2) is 0 Å². The van der Waals surface area contributed by atoms with Crippen LogP contribution in [-0.2, 0) is 0 Å². The van der Waals surface area contributed by atoms with Gasteiger partial charge in [0.05, 0.1) is 0 Å². The van der Waals surface area contributed by atoms with E-state index >= 15 is 0 Å². The molecule has 0 amide bonds. The van der Waals surface area contributed by atoms with Gasteiger partial charge in [-0.1, -0.05) is 19.1 Å².